The second-order valence-corrected chi connectivity index (χ2v) is 7.93. The minimum Gasteiger partial charge on any atom is -0.496 e. The number of hydrogen-bond donors (Lipinski definition) is 1. The Balaban J connectivity index is 1.58. The third-order valence-corrected chi connectivity index (χ3v) is 6.40. The molecule has 5 nitrogen and oxygen atoms in total. The summed E-state index contributed by atoms with van der Waals surface area (Å²) in [5, 5.41) is 5.48. The minimum absolute atomic E-state index is 0.0969. The molecule has 2 aliphatic rings. The molecule has 0 radical (unpaired) electrons. The van der Waals surface area contributed by atoms with Crippen molar-refractivity contribution in [1.82, 2.24) is 15.1 Å². The van der Waals surface area contributed by atoms with Crippen molar-refractivity contribution < 1.29 is 9.53 Å². The molecule has 1 N–H and O–H groups in total. The van der Waals surface area contributed by atoms with E-state index in [2.05, 4.69) is 58.6 Å². The number of likely N-dealkylation sites (N-methyl/N-ethyl adjacent to an activating group) is 1. The molecule has 1 amide bonds. The lowest BCUT2D eigenvalue weighted by molar-refractivity contribution is -0.121. The Hall–Kier alpha value is -2.11. The standard InChI is InChI=1S/C22H29N3O2/c1-24-13-14-25(16-22(24)10-9-21(26)23-12-11-22)15-17-7-8-20(27-2)19-6-4-3-5-18(17)19/h3-8H,9-16H2,1-2H3,(H,23,26). The first-order chi connectivity index (χ1) is 13.1. The van der Waals surface area contributed by atoms with Crippen LogP contribution in [0.15, 0.2) is 36.4 Å². The number of nitrogens with one attached hydrogen (secondary N) is 1. The first-order valence-electron chi connectivity index (χ1n) is 9.86. The van der Waals surface area contributed by atoms with Gasteiger partial charge in [-0.3, -0.25) is 14.6 Å². The molecule has 1 spiro atoms. The fourth-order valence-corrected chi connectivity index (χ4v) is 4.70. The van der Waals surface area contributed by atoms with Gasteiger partial charge in [0, 0.05) is 50.1 Å². The molecular formula is C22H29N3O2. The molecule has 2 fully saturated rings. The monoisotopic (exact) mass is 367 g/mol. The summed E-state index contributed by atoms with van der Waals surface area (Å²) in [5.74, 6) is 1.12. The molecular weight excluding hydrogens is 338 g/mol. The summed E-state index contributed by atoms with van der Waals surface area (Å²) >= 11 is 0. The smallest absolute Gasteiger partial charge is 0.220 e. The number of carbonyl (C=O) groups excluding carboxylic acids is 1. The third-order valence-electron chi connectivity index (χ3n) is 6.40. The fraction of sp³-hybridized carbons (Fsp3) is 0.500. The van der Waals surface area contributed by atoms with Gasteiger partial charge in [-0.1, -0.05) is 30.3 Å². The highest BCUT2D eigenvalue weighted by Crippen LogP contribution is 2.33. The maximum absolute atomic E-state index is 11.8. The van der Waals surface area contributed by atoms with E-state index in [9.17, 15) is 4.79 Å². The number of hydrogen-bond acceptors (Lipinski definition) is 4. The van der Waals surface area contributed by atoms with E-state index < -0.39 is 0 Å². The SMILES string of the molecule is COc1ccc(CN2CCN(C)C3(CCNC(=O)CC3)C2)c2ccccc12. The van der Waals surface area contributed by atoms with Gasteiger partial charge in [0.2, 0.25) is 5.91 Å². The number of methoxy groups -OCH3 is 1. The third kappa shape index (κ3) is 3.54. The molecule has 5 heteroatoms. The molecule has 2 aromatic rings. The molecule has 2 aromatic carbocycles. The predicted octanol–water partition coefficient (Wildman–Crippen LogP) is 2.63. The molecule has 0 bridgehead atoms. The Morgan fingerprint density at radius 1 is 1.11 bits per heavy atom. The Morgan fingerprint density at radius 3 is 2.74 bits per heavy atom. The maximum atomic E-state index is 11.8. The zero-order chi connectivity index (χ0) is 18.9. The van der Waals surface area contributed by atoms with Crippen LogP contribution in [0.1, 0.15) is 24.8 Å². The zero-order valence-electron chi connectivity index (χ0n) is 16.3. The summed E-state index contributed by atoms with van der Waals surface area (Å²) < 4.78 is 5.54. The van der Waals surface area contributed by atoms with Gasteiger partial charge in [-0.05, 0) is 36.9 Å². The first-order valence-corrected chi connectivity index (χ1v) is 9.86. The van der Waals surface area contributed by atoms with Crippen LogP contribution in [0.5, 0.6) is 5.75 Å². The molecule has 1 atom stereocenters. The van der Waals surface area contributed by atoms with E-state index in [-0.39, 0.29) is 11.4 Å². The minimum atomic E-state index is 0.0969. The summed E-state index contributed by atoms with van der Waals surface area (Å²) in [6, 6.07) is 12.8. The highest BCUT2D eigenvalue weighted by molar-refractivity contribution is 5.91. The number of piperazine rings is 1. The molecule has 27 heavy (non-hydrogen) atoms. The lowest BCUT2D eigenvalue weighted by atomic mass is 9.86. The number of nitrogens with zero attached hydrogens (tertiary/aromatic N) is 2. The van der Waals surface area contributed by atoms with Gasteiger partial charge < -0.3 is 10.1 Å². The van der Waals surface area contributed by atoms with Crippen LogP contribution in [0.2, 0.25) is 0 Å². The van der Waals surface area contributed by atoms with Gasteiger partial charge in [0.1, 0.15) is 5.75 Å². The first kappa shape index (κ1) is 18.3. The summed E-state index contributed by atoms with van der Waals surface area (Å²) in [6.45, 7) is 4.82. The van der Waals surface area contributed by atoms with Gasteiger partial charge in [0.15, 0.2) is 0 Å². The summed E-state index contributed by atoms with van der Waals surface area (Å²) in [4.78, 5) is 16.9. The Kier molecular flexibility index (Phi) is 5.06. The van der Waals surface area contributed by atoms with Crippen molar-refractivity contribution in [3.63, 3.8) is 0 Å². The number of carbonyl (C=O) groups is 1. The molecule has 2 heterocycles. The van der Waals surface area contributed by atoms with Gasteiger partial charge >= 0.3 is 0 Å². The average Bonchev–Trinajstić information content (AvgIpc) is 2.87. The summed E-state index contributed by atoms with van der Waals surface area (Å²) in [6.07, 6.45) is 2.59. The van der Waals surface area contributed by atoms with Crippen molar-refractivity contribution in [1.29, 1.82) is 0 Å². The van der Waals surface area contributed by atoms with Crippen LogP contribution in [0.3, 0.4) is 0 Å². The van der Waals surface area contributed by atoms with Gasteiger partial charge in [0.05, 0.1) is 7.11 Å². The van der Waals surface area contributed by atoms with E-state index in [0.29, 0.717) is 6.42 Å². The summed E-state index contributed by atoms with van der Waals surface area (Å²) in [7, 11) is 3.95. The van der Waals surface area contributed by atoms with Gasteiger partial charge in [0.25, 0.3) is 0 Å². The van der Waals surface area contributed by atoms with E-state index in [1.165, 1.54) is 16.3 Å². The van der Waals surface area contributed by atoms with E-state index in [1.54, 1.807) is 7.11 Å². The summed E-state index contributed by atoms with van der Waals surface area (Å²) in [5.41, 5.74) is 1.44. The Morgan fingerprint density at radius 2 is 1.93 bits per heavy atom. The molecule has 144 valence electrons. The quantitative estimate of drug-likeness (QED) is 0.906. The highest BCUT2D eigenvalue weighted by atomic mass is 16.5. The van der Waals surface area contributed by atoms with Crippen LogP contribution in [0.4, 0.5) is 0 Å². The van der Waals surface area contributed by atoms with Crippen LogP contribution >= 0.6 is 0 Å². The lowest BCUT2D eigenvalue weighted by Gasteiger charge is -2.49. The van der Waals surface area contributed by atoms with E-state index in [4.69, 9.17) is 4.74 Å². The number of amides is 1. The highest BCUT2D eigenvalue weighted by Gasteiger charge is 2.40. The maximum Gasteiger partial charge on any atom is 0.220 e. The van der Waals surface area contributed by atoms with Gasteiger partial charge in [-0.25, -0.2) is 0 Å². The second kappa shape index (κ2) is 7.49. The fourth-order valence-electron chi connectivity index (χ4n) is 4.70. The number of benzene rings is 2. The molecule has 0 aromatic heterocycles. The van der Waals surface area contributed by atoms with Crippen molar-refractivity contribution in [2.75, 3.05) is 40.3 Å². The molecule has 0 saturated carbocycles. The van der Waals surface area contributed by atoms with Crippen LogP contribution in [0, 0.1) is 0 Å². The van der Waals surface area contributed by atoms with E-state index in [1.807, 2.05) is 0 Å². The normalized spacial score (nSPS) is 24.7. The van der Waals surface area contributed by atoms with Crippen molar-refractivity contribution in [3.8, 4) is 5.75 Å². The van der Waals surface area contributed by atoms with E-state index >= 15 is 0 Å². The number of ether oxygens (including phenoxy) is 1. The van der Waals surface area contributed by atoms with Crippen LogP contribution in [0.25, 0.3) is 10.8 Å². The molecule has 1 unspecified atom stereocenters. The Bertz CT molecular complexity index is 837. The molecule has 0 aliphatic carbocycles. The van der Waals surface area contributed by atoms with Crippen LogP contribution in [-0.4, -0.2) is 61.6 Å². The molecule has 2 aliphatic heterocycles. The zero-order valence-corrected chi connectivity index (χ0v) is 16.3. The van der Waals surface area contributed by atoms with Crippen molar-refractivity contribution >= 4 is 16.7 Å². The van der Waals surface area contributed by atoms with E-state index in [0.717, 1.165) is 51.3 Å². The average molecular weight is 367 g/mol. The molecule has 2 saturated heterocycles. The van der Waals surface area contributed by atoms with Crippen molar-refractivity contribution in [2.24, 2.45) is 0 Å². The van der Waals surface area contributed by atoms with Gasteiger partial charge in [-0.15, -0.1) is 0 Å². The van der Waals surface area contributed by atoms with Crippen LogP contribution < -0.4 is 10.1 Å². The number of rotatable bonds is 3. The molecule has 4 rings (SSSR count). The topological polar surface area (TPSA) is 44.8 Å². The second-order valence-electron chi connectivity index (χ2n) is 7.93. The largest absolute Gasteiger partial charge is 0.496 e. The predicted molar refractivity (Wildman–Crippen MR) is 108 cm³/mol. The van der Waals surface area contributed by atoms with Crippen LogP contribution in [-0.2, 0) is 11.3 Å². The lowest BCUT2D eigenvalue weighted by Crippen LogP contribution is -2.60. The van der Waals surface area contributed by atoms with Gasteiger partial charge in [-0.2, -0.15) is 0 Å². The Labute approximate surface area is 161 Å². The van der Waals surface area contributed by atoms with Crippen molar-refractivity contribution in [2.45, 2.75) is 31.3 Å². The number of fused-ring (bicyclic) bond motifs is 1. The van der Waals surface area contributed by atoms with Crippen molar-refractivity contribution in [3.05, 3.63) is 42.0 Å².